The predicted octanol–water partition coefficient (Wildman–Crippen LogP) is 4.81. The SMILES string of the molecule is C=C1C=CC=C(CN2CCC3(CC2)C2=C[C@H](C)c4c(cc(OC)cc4OC)CN2C(=O)N3CC)/C1=N/SN. The maximum absolute atomic E-state index is 13.9. The molecule has 2 fully saturated rings. The van der Waals surface area contributed by atoms with E-state index in [-0.39, 0.29) is 17.5 Å². The number of allylic oxidation sites excluding steroid dienone is 5. The van der Waals surface area contributed by atoms with Crippen molar-refractivity contribution in [3.8, 4) is 11.5 Å². The quantitative estimate of drug-likeness (QED) is 0.527. The summed E-state index contributed by atoms with van der Waals surface area (Å²) in [7, 11) is 3.35. The molecule has 4 aliphatic rings. The highest BCUT2D eigenvalue weighted by Crippen LogP contribution is 2.49. The second-order valence-electron chi connectivity index (χ2n) is 10.3. The summed E-state index contributed by atoms with van der Waals surface area (Å²) in [6.45, 7) is 12.1. The van der Waals surface area contributed by atoms with Crippen LogP contribution in [-0.4, -0.2) is 72.4 Å². The van der Waals surface area contributed by atoms with E-state index in [2.05, 4.69) is 46.8 Å². The van der Waals surface area contributed by atoms with E-state index in [9.17, 15) is 4.79 Å². The van der Waals surface area contributed by atoms with Gasteiger partial charge in [-0.2, -0.15) is 4.40 Å². The third-order valence-electron chi connectivity index (χ3n) is 8.34. The maximum Gasteiger partial charge on any atom is 0.325 e. The van der Waals surface area contributed by atoms with Crippen LogP contribution in [0.4, 0.5) is 4.79 Å². The standard InChI is InChI=1S/C29H37N5O3S/c1-6-34-28(35)33-18-22-15-23(36-4)16-24(37-5)26(22)20(3)14-25(33)29(34)10-12-32(13-11-29)17-21-9-7-8-19(2)27(21)31-38-30/h7-9,14-16,20H,2,6,10-13,17-18,30H2,1,3-5H3/b31-27+/t20-/m0/s1. The van der Waals surface area contributed by atoms with Crippen LogP contribution in [0.1, 0.15) is 43.7 Å². The highest BCUT2D eigenvalue weighted by molar-refractivity contribution is 7.95. The molecule has 8 nitrogen and oxygen atoms in total. The molecule has 1 spiro atoms. The van der Waals surface area contributed by atoms with Gasteiger partial charge < -0.3 is 14.4 Å². The molecule has 0 bridgehead atoms. The van der Waals surface area contributed by atoms with Gasteiger partial charge in [-0.1, -0.05) is 37.8 Å². The first-order chi connectivity index (χ1) is 18.4. The summed E-state index contributed by atoms with van der Waals surface area (Å²) in [5, 5.41) is 5.65. The van der Waals surface area contributed by atoms with Crippen LogP contribution < -0.4 is 14.6 Å². The molecule has 1 aromatic carbocycles. The molecule has 2 amide bonds. The largest absolute Gasteiger partial charge is 0.497 e. The summed E-state index contributed by atoms with van der Waals surface area (Å²) < 4.78 is 15.7. The Labute approximate surface area is 229 Å². The summed E-state index contributed by atoms with van der Waals surface area (Å²) in [6.07, 6.45) is 10.1. The van der Waals surface area contributed by atoms with Gasteiger partial charge in [0.15, 0.2) is 0 Å². The van der Waals surface area contributed by atoms with Crippen LogP contribution in [0.3, 0.4) is 0 Å². The highest BCUT2D eigenvalue weighted by atomic mass is 32.2. The molecule has 2 N–H and O–H groups in total. The molecule has 1 atom stereocenters. The molecule has 38 heavy (non-hydrogen) atoms. The van der Waals surface area contributed by atoms with E-state index in [0.29, 0.717) is 13.1 Å². The third-order valence-corrected chi connectivity index (χ3v) is 8.62. The monoisotopic (exact) mass is 535 g/mol. The lowest BCUT2D eigenvalue weighted by Crippen LogP contribution is -2.54. The summed E-state index contributed by atoms with van der Waals surface area (Å²) >= 11 is 0.971. The van der Waals surface area contributed by atoms with Gasteiger partial charge in [-0.25, -0.2) is 4.79 Å². The number of amides is 2. The molecule has 0 unspecified atom stereocenters. The minimum atomic E-state index is -0.315. The average molecular weight is 536 g/mol. The first-order valence-corrected chi connectivity index (χ1v) is 14.0. The number of ether oxygens (including phenoxy) is 2. The fourth-order valence-electron chi connectivity index (χ4n) is 6.53. The number of methoxy groups -OCH3 is 2. The van der Waals surface area contributed by atoms with Gasteiger partial charge in [-0.15, -0.1) is 0 Å². The van der Waals surface area contributed by atoms with Crippen LogP contribution in [0.15, 0.2) is 64.3 Å². The zero-order valence-corrected chi connectivity index (χ0v) is 23.5. The smallest absolute Gasteiger partial charge is 0.325 e. The molecular weight excluding hydrogens is 498 g/mol. The second kappa shape index (κ2) is 10.6. The predicted molar refractivity (Wildman–Crippen MR) is 153 cm³/mol. The minimum absolute atomic E-state index is 0.0832. The lowest BCUT2D eigenvalue weighted by molar-refractivity contribution is 0.0973. The fraction of sp³-hybridized carbons (Fsp3) is 0.448. The maximum atomic E-state index is 13.9. The van der Waals surface area contributed by atoms with Crippen molar-refractivity contribution < 1.29 is 14.3 Å². The second-order valence-corrected chi connectivity index (χ2v) is 10.7. The number of hydrogen-bond acceptors (Lipinski definition) is 7. The number of benzene rings is 1. The van der Waals surface area contributed by atoms with E-state index >= 15 is 0 Å². The Morgan fingerprint density at radius 3 is 2.66 bits per heavy atom. The van der Waals surface area contributed by atoms with Gasteiger partial charge in [0.05, 0.1) is 44.1 Å². The number of nitrogens with zero attached hydrogens (tertiary/aromatic N) is 4. The van der Waals surface area contributed by atoms with E-state index in [4.69, 9.17) is 14.6 Å². The molecule has 202 valence electrons. The van der Waals surface area contributed by atoms with Crippen LogP contribution in [0.2, 0.25) is 0 Å². The first-order valence-electron chi connectivity index (χ1n) is 13.2. The molecule has 9 heteroatoms. The first kappa shape index (κ1) is 26.6. The van der Waals surface area contributed by atoms with Crippen molar-refractivity contribution in [2.45, 2.75) is 44.7 Å². The lowest BCUT2D eigenvalue weighted by Gasteiger charge is -2.44. The number of fused-ring (bicyclic) bond motifs is 3. The van der Waals surface area contributed by atoms with Gasteiger partial charge in [0, 0.05) is 49.4 Å². The van der Waals surface area contributed by atoms with Crippen LogP contribution in [0.25, 0.3) is 0 Å². The summed E-state index contributed by atoms with van der Waals surface area (Å²) in [5.74, 6) is 1.64. The molecule has 3 heterocycles. The molecule has 1 aliphatic carbocycles. The molecule has 1 aromatic rings. The van der Waals surface area contributed by atoms with Crippen molar-refractivity contribution in [2.75, 3.05) is 40.4 Å². The van der Waals surface area contributed by atoms with E-state index in [0.717, 1.165) is 89.8 Å². The number of carbonyl (C=O) groups is 1. The number of likely N-dealkylation sites (tertiary alicyclic amines) is 1. The van der Waals surface area contributed by atoms with Gasteiger partial charge in [0.2, 0.25) is 0 Å². The Morgan fingerprint density at radius 2 is 2.00 bits per heavy atom. The molecule has 2 saturated heterocycles. The number of hydrogen-bond donors (Lipinski definition) is 1. The Kier molecular flexibility index (Phi) is 7.44. The molecule has 3 aliphatic heterocycles. The number of nitrogens with two attached hydrogens (primary N) is 1. The number of urea groups is 1. The number of likely N-dealkylation sites (N-methyl/N-ethyl adjacent to an activating group) is 1. The topological polar surface area (TPSA) is 83.6 Å². The van der Waals surface area contributed by atoms with Crippen molar-refractivity contribution in [1.29, 1.82) is 0 Å². The normalized spacial score (nSPS) is 23.8. The van der Waals surface area contributed by atoms with Gasteiger partial charge >= 0.3 is 6.03 Å². The number of piperidine rings is 1. The van der Waals surface area contributed by atoms with Crippen molar-refractivity contribution >= 4 is 23.9 Å². The van der Waals surface area contributed by atoms with Crippen molar-refractivity contribution in [3.05, 3.63) is 71.0 Å². The Hall–Kier alpha value is -3.01. The van der Waals surface area contributed by atoms with Crippen molar-refractivity contribution in [1.82, 2.24) is 14.7 Å². The third kappa shape index (κ3) is 4.36. The zero-order chi connectivity index (χ0) is 27.0. The van der Waals surface area contributed by atoms with Crippen LogP contribution in [0, 0.1) is 0 Å². The Balaban J connectivity index is 1.43. The molecule has 0 aromatic heterocycles. The average Bonchev–Trinajstić information content (AvgIpc) is 3.02. The highest BCUT2D eigenvalue weighted by Gasteiger charge is 2.54. The Morgan fingerprint density at radius 1 is 1.24 bits per heavy atom. The van der Waals surface area contributed by atoms with Crippen LogP contribution >= 0.6 is 12.1 Å². The van der Waals surface area contributed by atoms with E-state index in [1.807, 2.05) is 29.2 Å². The summed E-state index contributed by atoms with van der Waals surface area (Å²) in [6, 6.07) is 4.06. The lowest BCUT2D eigenvalue weighted by atomic mass is 9.81. The fourth-order valence-corrected chi connectivity index (χ4v) is 6.87. The van der Waals surface area contributed by atoms with Crippen molar-refractivity contribution in [2.24, 2.45) is 9.54 Å². The Bertz CT molecular complexity index is 1260. The number of rotatable bonds is 6. The van der Waals surface area contributed by atoms with Gasteiger partial charge in [-0.3, -0.25) is 14.9 Å². The van der Waals surface area contributed by atoms with Crippen LogP contribution in [-0.2, 0) is 6.54 Å². The molecular formula is C29H37N5O3S. The van der Waals surface area contributed by atoms with Crippen LogP contribution in [0.5, 0.6) is 11.5 Å². The van der Waals surface area contributed by atoms with E-state index in [1.54, 1.807) is 14.2 Å². The number of carbonyl (C=O) groups excluding carboxylic acids is 1. The van der Waals surface area contributed by atoms with Gasteiger partial charge in [0.1, 0.15) is 11.5 Å². The van der Waals surface area contributed by atoms with Gasteiger partial charge in [-0.05, 0) is 42.5 Å². The van der Waals surface area contributed by atoms with Crippen molar-refractivity contribution in [3.63, 3.8) is 0 Å². The summed E-state index contributed by atoms with van der Waals surface area (Å²) in [4.78, 5) is 20.4. The minimum Gasteiger partial charge on any atom is -0.497 e. The molecule has 0 radical (unpaired) electrons. The van der Waals surface area contributed by atoms with E-state index in [1.165, 1.54) is 0 Å². The summed E-state index contributed by atoms with van der Waals surface area (Å²) in [5.41, 5.74) is 5.88. The molecule has 0 saturated carbocycles. The van der Waals surface area contributed by atoms with E-state index < -0.39 is 0 Å². The van der Waals surface area contributed by atoms with Gasteiger partial charge in [0.25, 0.3) is 0 Å². The molecule has 5 rings (SSSR count). The zero-order valence-electron chi connectivity index (χ0n) is 22.7.